The summed E-state index contributed by atoms with van der Waals surface area (Å²) in [7, 11) is 1.66. The summed E-state index contributed by atoms with van der Waals surface area (Å²) in [5.74, 6) is 0.594. The number of ether oxygens (including phenoxy) is 2. The van der Waals surface area contributed by atoms with Gasteiger partial charge >= 0.3 is 6.09 Å². The number of methoxy groups -OCH3 is 1. The van der Waals surface area contributed by atoms with Gasteiger partial charge < -0.3 is 14.8 Å². The standard InChI is InChI=1S/C17H29NO3/c1-13(2)15-8-6-14(7-9-15)12-18-16(19)21-11-10-17(3,4)20-5/h6,15H,1,7-12H2,2-5H3,(H,18,19). The number of allylic oxidation sites excluding steroid dienone is 2. The van der Waals surface area contributed by atoms with Crippen LogP contribution in [0.25, 0.3) is 0 Å². The van der Waals surface area contributed by atoms with Crippen LogP contribution in [-0.2, 0) is 9.47 Å². The Morgan fingerprint density at radius 3 is 2.76 bits per heavy atom. The van der Waals surface area contributed by atoms with Gasteiger partial charge in [0.05, 0.1) is 12.2 Å². The van der Waals surface area contributed by atoms with Gasteiger partial charge in [0.25, 0.3) is 0 Å². The van der Waals surface area contributed by atoms with Crippen LogP contribution in [0.2, 0.25) is 0 Å². The van der Waals surface area contributed by atoms with Gasteiger partial charge in [0, 0.05) is 20.1 Å². The SMILES string of the molecule is C=C(C)C1CC=C(CNC(=O)OCCC(C)(C)OC)CC1. The Morgan fingerprint density at radius 2 is 2.24 bits per heavy atom. The summed E-state index contributed by atoms with van der Waals surface area (Å²) in [6.45, 7) is 11.0. The highest BCUT2D eigenvalue weighted by atomic mass is 16.5. The molecule has 0 aromatic carbocycles. The van der Waals surface area contributed by atoms with Crippen molar-refractivity contribution in [2.45, 2.75) is 52.1 Å². The molecule has 1 atom stereocenters. The summed E-state index contributed by atoms with van der Waals surface area (Å²) in [4.78, 5) is 11.6. The van der Waals surface area contributed by atoms with Crippen LogP contribution in [0.3, 0.4) is 0 Å². The second-order valence-corrected chi connectivity index (χ2v) is 6.38. The molecule has 0 aromatic rings. The molecular formula is C17H29NO3. The van der Waals surface area contributed by atoms with Gasteiger partial charge in [0.15, 0.2) is 0 Å². The Bertz CT molecular complexity index is 399. The maximum Gasteiger partial charge on any atom is 0.407 e. The van der Waals surface area contributed by atoms with E-state index < -0.39 is 0 Å². The van der Waals surface area contributed by atoms with Crippen LogP contribution in [0.15, 0.2) is 23.8 Å². The Morgan fingerprint density at radius 1 is 1.52 bits per heavy atom. The first-order valence-electron chi connectivity index (χ1n) is 7.63. The van der Waals surface area contributed by atoms with Gasteiger partial charge in [-0.2, -0.15) is 0 Å². The summed E-state index contributed by atoms with van der Waals surface area (Å²) in [5.41, 5.74) is 2.27. The van der Waals surface area contributed by atoms with E-state index in [0.717, 1.165) is 19.3 Å². The molecule has 1 rings (SSSR count). The fourth-order valence-corrected chi connectivity index (χ4v) is 2.22. The molecule has 0 aliphatic heterocycles. The zero-order valence-corrected chi connectivity index (χ0v) is 13.8. The van der Waals surface area contributed by atoms with Crippen molar-refractivity contribution < 1.29 is 14.3 Å². The predicted molar refractivity (Wildman–Crippen MR) is 85.3 cm³/mol. The van der Waals surface area contributed by atoms with Crippen LogP contribution >= 0.6 is 0 Å². The third-order valence-electron chi connectivity index (χ3n) is 4.15. The zero-order chi connectivity index (χ0) is 15.9. The van der Waals surface area contributed by atoms with E-state index in [4.69, 9.17) is 9.47 Å². The highest BCUT2D eigenvalue weighted by Gasteiger charge is 2.18. The molecule has 0 saturated heterocycles. The fraction of sp³-hybridized carbons (Fsp3) is 0.706. The normalized spacial score (nSPS) is 18.9. The molecule has 0 heterocycles. The number of alkyl carbamates (subject to hydrolysis) is 1. The third-order valence-corrected chi connectivity index (χ3v) is 4.15. The van der Waals surface area contributed by atoms with Crippen LogP contribution < -0.4 is 5.32 Å². The summed E-state index contributed by atoms with van der Waals surface area (Å²) < 4.78 is 10.4. The van der Waals surface area contributed by atoms with Gasteiger partial charge in [-0.15, -0.1) is 0 Å². The van der Waals surface area contributed by atoms with E-state index in [1.165, 1.54) is 11.1 Å². The number of hydrogen-bond acceptors (Lipinski definition) is 3. The van der Waals surface area contributed by atoms with Crippen molar-refractivity contribution in [3.05, 3.63) is 23.8 Å². The average Bonchev–Trinajstić information content (AvgIpc) is 2.45. The topological polar surface area (TPSA) is 47.6 Å². The lowest BCUT2D eigenvalue weighted by Gasteiger charge is -2.23. The predicted octanol–water partition coefficient (Wildman–Crippen LogP) is 3.83. The van der Waals surface area contributed by atoms with Crippen molar-refractivity contribution in [3.8, 4) is 0 Å². The molecular weight excluding hydrogens is 266 g/mol. The van der Waals surface area contributed by atoms with Crippen LogP contribution in [0.5, 0.6) is 0 Å². The van der Waals surface area contributed by atoms with Crippen molar-refractivity contribution in [1.29, 1.82) is 0 Å². The fourth-order valence-electron chi connectivity index (χ4n) is 2.22. The van der Waals surface area contributed by atoms with Crippen LogP contribution in [0.4, 0.5) is 4.79 Å². The molecule has 4 nitrogen and oxygen atoms in total. The number of nitrogens with one attached hydrogen (secondary N) is 1. The maximum atomic E-state index is 11.6. The highest BCUT2D eigenvalue weighted by molar-refractivity contribution is 5.67. The molecule has 0 bridgehead atoms. The molecule has 0 saturated carbocycles. The van der Waals surface area contributed by atoms with Gasteiger partial charge in [0.1, 0.15) is 0 Å². The first kappa shape index (κ1) is 17.8. The third kappa shape index (κ3) is 6.80. The molecule has 1 aliphatic carbocycles. The van der Waals surface area contributed by atoms with Crippen molar-refractivity contribution in [2.24, 2.45) is 5.92 Å². The van der Waals surface area contributed by atoms with E-state index in [9.17, 15) is 4.79 Å². The molecule has 120 valence electrons. The molecule has 21 heavy (non-hydrogen) atoms. The molecule has 0 radical (unpaired) electrons. The monoisotopic (exact) mass is 295 g/mol. The molecule has 0 fully saturated rings. The number of amides is 1. The lowest BCUT2D eigenvalue weighted by Crippen LogP contribution is -2.30. The minimum Gasteiger partial charge on any atom is -0.449 e. The Balaban J connectivity index is 2.21. The zero-order valence-electron chi connectivity index (χ0n) is 13.8. The first-order valence-corrected chi connectivity index (χ1v) is 7.63. The van der Waals surface area contributed by atoms with Gasteiger partial charge in [-0.25, -0.2) is 4.79 Å². The van der Waals surface area contributed by atoms with Gasteiger partial charge in [0.2, 0.25) is 0 Å². The lowest BCUT2D eigenvalue weighted by atomic mass is 9.85. The van der Waals surface area contributed by atoms with Gasteiger partial charge in [-0.05, 0) is 46.0 Å². The lowest BCUT2D eigenvalue weighted by molar-refractivity contribution is 0.000239. The van der Waals surface area contributed by atoms with E-state index >= 15 is 0 Å². The van der Waals surface area contributed by atoms with E-state index in [2.05, 4.69) is 24.9 Å². The first-order chi connectivity index (χ1) is 9.84. The van der Waals surface area contributed by atoms with Crippen molar-refractivity contribution in [3.63, 3.8) is 0 Å². The van der Waals surface area contributed by atoms with Gasteiger partial charge in [-0.3, -0.25) is 0 Å². The Hall–Kier alpha value is -1.29. The number of carbonyl (C=O) groups is 1. The Kier molecular flexibility index (Phi) is 6.96. The van der Waals surface area contributed by atoms with Crippen LogP contribution in [0.1, 0.15) is 46.5 Å². The minimum atomic E-state index is -0.357. The quantitative estimate of drug-likeness (QED) is 0.726. The van der Waals surface area contributed by atoms with E-state index in [-0.39, 0.29) is 11.7 Å². The second-order valence-electron chi connectivity index (χ2n) is 6.38. The van der Waals surface area contributed by atoms with E-state index in [0.29, 0.717) is 25.5 Å². The number of rotatable bonds is 7. The van der Waals surface area contributed by atoms with E-state index in [1.54, 1.807) is 7.11 Å². The second kappa shape index (κ2) is 8.23. The molecule has 0 spiro atoms. The van der Waals surface area contributed by atoms with E-state index in [1.807, 2.05) is 13.8 Å². The molecule has 1 aliphatic rings. The van der Waals surface area contributed by atoms with Crippen molar-refractivity contribution in [2.75, 3.05) is 20.3 Å². The molecule has 1 N–H and O–H groups in total. The maximum absolute atomic E-state index is 11.6. The number of carbonyl (C=O) groups excluding carboxylic acids is 1. The highest BCUT2D eigenvalue weighted by Crippen LogP contribution is 2.27. The number of hydrogen-bond donors (Lipinski definition) is 1. The van der Waals surface area contributed by atoms with Crippen molar-refractivity contribution in [1.82, 2.24) is 5.32 Å². The summed E-state index contributed by atoms with van der Waals surface area (Å²) in [6, 6.07) is 0. The minimum absolute atomic E-state index is 0.260. The van der Waals surface area contributed by atoms with Crippen LogP contribution in [-0.4, -0.2) is 32.0 Å². The van der Waals surface area contributed by atoms with Crippen molar-refractivity contribution >= 4 is 6.09 Å². The molecule has 0 aromatic heterocycles. The molecule has 1 unspecified atom stereocenters. The average molecular weight is 295 g/mol. The summed E-state index contributed by atoms with van der Waals surface area (Å²) in [6.07, 6.45) is 5.72. The molecule has 4 heteroatoms. The summed E-state index contributed by atoms with van der Waals surface area (Å²) in [5, 5.41) is 2.81. The smallest absolute Gasteiger partial charge is 0.407 e. The Labute approximate surface area is 128 Å². The van der Waals surface area contributed by atoms with Gasteiger partial charge in [-0.1, -0.05) is 23.8 Å². The largest absolute Gasteiger partial charge is 0.449 e. The molecule has 1 amide bonds. The van der Waals surface area contributed by atoms with Crippen LogP contribution in [0, 0.1) is 5.92 Å². The summed E-state index contributed by atoms with van der Waals surface area (Å²) >= 11 is 0.